The molecule has 1 unspecified atom stereocenters. The summed E-state index contributed by atoms with van der Waals surface area (Å²) < 4.78 is 12.8. The highest BCUT2D eigenvalue weighted by Gasteiger charge is 2.11. The van der Waals surface area contributed by atoms with Gasteiger partial charge in [-0.1, -0.05) is 29.8 Å². The molecule has 0 aliphatic heterocycles. The van der Waals surface area contributed by atoms with Crippen LogP contribution in [0.25, 0.3) is 0 Å². The van der Waals surface area contributed by atoms with Crippen LogP contribution in [-0.2, 0) is 11.3 Å². The lowest BCUT2D eigenvalue weighted by molar-refractivity contribution is -0.885. The van der Waals surface area contributed by atoms with Crippen molar-refractivity contribution >= 4 is 11.6 Å². The Bertz CT molecular complexity index is 610. The molecule has 0 heterocycles. The minimum atomic E-state index is -0.310. The van der Waals surface area contributed by atoms with Gasteiger partial charge in [-0.2, -0.15) is 0 Å². The average molecular weight is 287 g/mol. The number of amides is 1. The highest BCUT2D eigenvalue weighted by atomic mass is 19.1. The predicted molar refractivity (Wildman–Crippen MR) is 81.7 cm³/mol. The third kappa shape index (κ3) is 5.00. The molecule has 0 fully saturated rings. The summed E-state index contributed by atoms with van der Waals surface area (Å²) in [6, 6.07) is 14.1. The molecule has 2 rings (SSSR count). The molecule has 110 valence electrons. The van der Waals surface area contributed by atoms with E-state index >= 15 is 0 Å². The van der Waals surface area contributed by atoms with Gasteiger partial charge in [0, 0.05) is 11.3 Å². The summed E-state index contributed by atoms with van der Waals surface area (Å²) in [5.74, 6) is -0.387. The van der Waals surface area contributed by atoms with Gasteiger partial charge in [-0.25, -0.2) is 4.39 Å². The first kappa shape index (κ1) is 15.2. The Hall–Kier alpha value is -2.20. The molecule has 1 amide bonds. The Labute approximate surface area is 124 Å². The Morgan fingerprint density at radius 1 is 1.19 bits per heavy atom. The number of rotatable bonds is 5. The van der Waals surface area contributed by atoms with Gasteiger partial charge in [0.05, 0.1) is 7.05 Å². The maximum atomic E-state index is 12.8. The molecule has 0 radical (unpaired) electrons. The van der Waals surface area contributed by atoms with Gasteiger partial charge in [0.2, 0.25) is 0 Å². The van der Waals surface area contributed by atoms with Crippen LogP contribution in [0.15, 0.2) is 48.5 Å². The van der Waals surface area contributed by atoms with Crippen LogP contribution in [0.1, 0.15) is 11.1 Å². The second-order valence-electron chi connectivity index (χ2n) is 5.35. The largest absolute Gasteiger partial charge is 0.326 e. The summed E-state index contributed by atoms with van der Waals surface area (Å²) in [4.78, 5) is 13.0. The number of benzene rings is 2. The molecule has 2 aromatic rings. The zero-order chi connectivity index (χ0) is 15.2. The van der Waals surface area contributed by atoms with E-state index in [9.17, 15) is 9.18 Å². The highest BCUT2D eigenvalue weighted by Crippen LogP contribution is 2.07. The molecule has 0 saturated carbocycles. The number of likely N-dealkylation sites (N-methyl/N-ethyl adjacent to an activating group) is 1. The van der Waals surface area contributed by atoms with Crippen LogP contribution >= 0.6 is 0 Å². The predicted octanol–water partition coefficient (Wildman–Crippen LogP) is 1.79. The van der Waals surface area contributed by atoms with E-state index in [1.165, 1.54) is 23.3 Å². The van der Waals surface area contributed by atoms with Crippen LogP contribution < -0.4 is 10.2 Å². The Morgan fingerprint density at radius 3 is 2.57 bits per heavy atom. The molecule has 0 aliphatic carbocycles. The summed E-state index contributed by atoms with van der Waals surface area (Å²) in [5.41, 5.74) is 3.04. The van der Waals surface area contributed by atoms with Crippen LogP contribution in [0.3, 0.4) is 0 Å². The smallest absolute Gasteiger partial charge is 0.279 e. The number of anilines is 1. The monoisotopic (exact) mass is 287 g/mol. The van der Waals surface area contributed by atoms with Gasteiger partial charge in [-0.15, -0.1) is 0 Å². The fourth-order valence-corrected chi connectivity index (χ4v) is 2.25. The second-order valence-corrected chi connectivity index (χ2v) is 5.35. The molecule has 0 bridgehead atoms. The third-order valence-electron chi connectivity index (χ3n) is 3.18. The van der Waals surface area contributed by atoms with Crippen molar-refractivity contribution in [2.75, 3.05) is 18.9 Å². The Balaban J connectivity index is 1.86. The number of carbonyl (C=O) groups is 1. The summed E-state index contributed by atoms with van der Waals surface area (Å²) in [5, 5.41) is 2.77. The Morgan fingerprint density at radius 2 is 1.90 bits per heavy atom. The topological polar surface area (TPSA) is 33.5 Å². The molecule has 2 N–H and O–H groups in total. The van der Waals surface area contributed by atoms with Gasteiger partial charge in [-0.05, 0) is 31.2 Å². The fraction of sp³-hybridized carbons (Fsp3) is 0.235. The van der Waals surface area contributed by atoms with E-state index in [1.54, 1.807) is 12.1 Å². The number of hydrogen-bond acceptors (Lipinski definition) is 1. The van der Waals surface area contributed by atoms with Crippen LogP contribution in [0.5, 0.6) is 0 Å². The van der Waals surface area contributed by atoms with E-state index in [0.29, 0.717) is 12.2 Å². The van der Waals surface area contributed by atoms with E-state index < -0.39 is 0 Å². The Kier molecular flexibility index (Phi) is 5.06. The van der Waals surface area contributed by atoms with Crippen molar-refractivity contribution < 1.29 is 14.1 Å². The summed E-state index contributed by atoms with van der Waals surface area (Å²) in [6.45, 7) is 3.21. The molecular weight excluding hydrogens is 267 g/mol. The molecule has 0 aromatic heterocycles. The quantitative estimate of drug-likeness (QED) is 0.863. The lowest BCUT2D eigenvalue weighted by atomic mass is 10.1. The van der Waals surface area contributed by atoms with Crippen LogP contribution in [0.2, 0.25) is 0 Å². The van der Waals surface area contributed by atoms with Crippen molar-refractivity contribution in [2.45, 2.75) is 13.5 Å². The van der Waals surface area contributed by atoms with Crippen molar-refractivity contribution in [2.24, 2.45) is 0 Å². The van der Waals surface area contributed by atoms with E-state index in [-0.39, 0.29) is 11.7 Å². The highest BCUT2D eigenvalue weighted by molar-refractivity contribution is 5.91. The average Bonchev–Trinajstić information content (AvgIpc) is 2.41. The number of aryl methyl sites for hydroxylation is 1. The van der Waals surface area contributed by atoms with Gasteiger partial charge in [0.25, 0.3) is 5.91 Å². The first-order valence-electron chi connectivity index (χ1n) is 6.95. The molecule has 1 atom stereocenters. The van der Waals surface area contributed by atoms with Gasteiger partial charge in [-0.3, -0.25) is 4.79 Å². The van der Waals surface area contributed by atoms with Crippen molar-refractivity contribution in [3.8, 4) is 0 Å². The zero-order valence-corrected chi connectivity index (χ0v) is 12.3. The van der Waals surface area contributed by atoms with Crippen molar-refractivity contribution in [3.63, 3.8) is 0 Å². The molecule has 4 heteroatoms. The second kappa shape index (κ2) is 6.99. The maximum absolute atomic E-state index is 12.8. The molecule has 2 aromatic carbocycles. The van der Waals surface area contributed by atoms with E-state index in [1.807, 2.05) is 13.1 Å². The zero-order valence-electron chi connectivity index (χ0n) is 12.3. The summed E-state index contributed by atoms with van der Waals surface area (Å²) >= 11 is 0. The van der Waals surface area contributed by atoms with Crippen LogP contribution in [-0.4, -0.2) is 19.5 Å². The number of carbonyl (C=O) groups excluding carboxylic acids is 1. The van der Waals surface area contributed by atoms with Gasteiger partial charge < -0.3 is 10.2 Å². The molecule has 0 spiro atoms. The molecule has 0 aliphatic rings. The molecular formula is C17H20FN2O+. The third-order valence-corrected chi connectivity index (χ3v) is 3.18. The number of nitrogens with one attached hydrogen (secondary N) is 2. The lowest BCUT2D eigenvalue weighted by Gasteiger charge is -2.14. The van der Waals surface area contributed by atoms with E-state index in [4.69, 9.17) is 0 Å². The van der Waals surface area contributed by atoms with E-state index in [2.05, 4.69) is 30.4 Å². The minimum absolute atomic E-state index is 0.0771. The number of hydrogen-bond donors (Lipinski definition) is 2. The fourth-order valence-electron chi connectivity index (χ4n) is 2.25. The number of halogens is 1. The molecule has 21 heavy (non-hydrogen) atoms. The van der Waals surface area contributed by atoms with Crippen LogP contribution in [0.4, 0.5) is 10.1 Å². The van der Waals surface area contributed by atoms with Crippen molar-refractivity contribution in [3.05, 3.63) is 65.5 Å². The van der Waals surface area contributed by atoms with Crippen LogP contribution in [0, 0.1) is 12.7 Å². The maximum Gasteiger partial charge on any atom is 0.279 e. The van der Waals surface area contributed by atoms with Gasteiger partial charge in [0.1, 0.15) is 12.4 Å². The summed E-state index contributed by atoms with van der Waals surface area (Å²) in [7, 11) is 1.98. The molecule has 3 nitrogen and oxygen atoms in total. The SMILES string of the molecule is Cc1cccc(C[NH+](C)CC(=O)Nc2ccc(F)cc2)c1. The van der Waals surface area contributed by atoms with Gasteiger partial charge in [0.15, 0.2) is 6.54 Å². The minimum Gasteiger partial charge on any atom is -0.326 e. The first-order valence-corrected chi connectivity index (χ1v) is 6.95. The standard InChI is InChI=1S/C17H19FN2O/c1-13-4-3-5-14(10-13)11-20(2)12-17(21)19-16-8-6-15(18)7-9-16/h3-10H,11-12H2,1-2H3,(H,19,21)/p+1. The first-order chi connectivity index (χ1) is 10.0. The number of quaternary nitrogens is 1. The molecule has 0 saturated heterocycles. The normalized spacial score (nSPS) is 12.0. The van der Waals surface area contributed by atoms with E-state index in [0.717, 1.165) is 11.4 Å². The van der Waals surface area contributed by atoms with Crippen molar-refractivity contribution in [1.82, 2.24) is 0 Å². The summed E-state index contributed by atoms with van der Waals surface area (Å²) in [6.07, 6.45) is 0. The van der Waals surface area contributed by atoms with Gasteiger partial charge >= 0.3 is 0 Å². The van der Waals surface area contributed by atoms with Crippen molar-refractivity contribution in [1.29, 1.82) is 0 Å². The lowest BCUT2D eigenvalue weighted by Crippen LogP contribution is -3.08.